The Morgan fingerprint density at radius 1 is 0.906 bits per heavy atom. The summed E-state index contributed by atoms with van der Waals surface area (Å²) in [5, 5.41) is 0. The van der Waals surface area contributed by atoms with Gasteiger partial charge in [-0.3, -0.25) is 9.69 Å². The lowest BCUT2D eigenvalue weighted by molar-refractivity contribution is 0.0619. The Morgan fingerprint density at radius 3 is 2.41 bits per heavy atom. The summed E-state index contributed by atoms with van der Waals surface area (Å²) in [6.07, 6.45) is 0. The third kappa shape index (κ3) is 4.18. The number of amides is 1. The molecule has 1 aliphatic rings. The predicted octanol–water partition coefficient (Wildman–Crippen LogP) is 4.69. The molecule has 0 spiro atoms. The van der Waals surface area contributed by atoms with Crippen LogP contribution < -0.4 is 0 Å². The van der Waals surface area contributed by atoms with Crippen LogP contribution in [0.4, 0.5) is 4.39 Å². The topological polar surface area (TPSA) is 41.6 Å². The van der Waals surface area contributed by atoms with Crippen LogP contribution in [-0.2, 0) is 13.1 Å². The molecule has 5 nitrogen and oxygen atoms in total. The third-order valence-electron chi connectivity index (χ3n) is 6.07. The molecular weight excluding hydrogens is 405 g/mol. The van der Waals surface area contributed by atoms with Gasteiger partial charge in [0.05, 0.1) is 5.52 Å². The molecule has 1 amide bonds. The number of aromatic nitrogens is 1. The van der Waals surface area contributed by atoms with Crippen molar-refractivity contribution < 1.29 is 13.6 Å². The smallest absolute Gasteiger partial charge is 0.270 e. The Balaban J connectivity index is 1.35. The maximum atomic E-state index is 13.7. The highest BCUT2D eigenvalue weighted by molar-refractivity contribution is 5.97. The number of carbonyl (C=O) groups excluding carboxylic acids is 1. The van der Waals surface area contributed by atoms with Crippen LogP contribution in [0.15, 0.2) is 71.1 Å². The summed E-state index contributed by atoms with van der Waals surface area (Å²) in [4.78, 5) is 17.7. The Labute approximate surface area is 186 Å². The Kier molecular flexibility index (Phi) is 5.53. The minimum absolute atomic E-state index is 0.00943. The van der Waals surface area contributed by atoms with E-state index in [0.717, 1.165) is 36.5 Å². The molecule has 4 aromatic rings. The number of rotatable bonds is 5. The van der Waals surface area contributed by atoms with E-state index in [0.29, 0.717) is 30.9 Å². The van der Waals surface area contributed by atoms with Crippen molar-refractivity contribution in [3.8, 4) is 0 Å². The van der Waals surface area contributed by atoms with Crippen LogP contribution in [0.3, 0.4) is 0 Å². The lowest BCUT2D eigenvalue weighted by Crippen LogP contribution is -2.48. The zero-order valence-corrected chi connectivity index (χ0v) is 18.1. The van der Waals surface area contributed by atoms with Gasteiger partial charge in [-0.1, -0.05) is 42.5 Å². The lowest BCUT2D eigenvalue weighted by Gasteiger charge is -2.35. The Morgan fingerprint density at radius 2 is 1.66 bits per heavy atom. The molecule has 32 heavy (non-hydrogen) atoms. The summed E-state index contributed by atoms with van der Waals surface area (Å²) in [6.45, 7) is 6.22. The first-order valence-corrected chi connectivity index (χ1v) is 11.0. The quantitative estimate of drug-likeness (QED) is 0.460. The van der Waals surface area contributed by atoms with Crippen LogP contribution in [-0.4, -0.2) is 46.5 Å². The molecular formula is C26H26FN3O2. The number of piperazine rings is 1. The Bertz CT molecular complexity index is 1240. The van der Waals surface area contributed by atoms with E-state index in [2.05, 4.69) is 29.2 Å². The zero-order valence-electron chi connectivity index (χ0n) is 18.1. The average Bonchev–Trinajstić information content (AvgIpc) is 3.31. The summed E-state index contributed by atoms with van der Waals surface area (Å²) < 4.78 is 21.5. The lowest BCUT2D eigenvalue weighted by atomic mass is 10.2. The normalized spacial score (nSPS) is 14.9. The van der Waals surface area contributed by atoms with Crippen LogP contribution in [0, 0.1) is 12.7 Å². The molecule has 3 heterocycles. The maximum absolute atomic E-state index is 13.7. The molecule has 1 aliphatic heterocycles. The first-order valence-electron chi connectivity index (χ1n) is 11.0. The van der Waals surface area contributed by atoms with E-state index in [9.17, 15) is 9.18 Å². The van der Waals surface area contributed by atoms with Crippen LogP contribution in [0.1, 0.15) is 27.4 Å². The van der Waals surface area contributed by atoms with Crippen molar-refractivity contribution >= 4 is 17.0 Å². The van der Waals surface area contributed by atoms with Gasteiger partial charge in [0.1, 0.15) is 17.3 Å². The summed E-state index contributed by atoms with van der Waals surface area (Å²) in [5.74, 6) is 0.498. The van der Waals surface area contributed by atoms with Gasteiger partial charge in [-0.25, -0.2) is 4.39 Å². The van der Waals surface area contributed by atoms with Crippen LogP contribution >= 0.6 is 0 Å². The summed E-state index contributed by atoms with van der Waals surface area (Å²) in [7, 11) is 0. The van der Waals surface area contributed by atoms with E-state index >= 15 is 0 Å². The van der Waals surface area contributed by atoms with Crippen LogP contribution in [0.25, 0.3) is 11.1 Å². The maximum Gasteiger partial charge on any atom is 0.270 e. The fourth-order valence-electron chi connectivity index (χ4n) is 4.44. The molecule has 1 saturated heterocycles. The third-order valence-corrected chi connectivity index (χ3v) is 6.07. The standard InChI is InChI=1S/C26H26FN3O2/c1-19-14-23-25(32-19)16-24(30(23)18-21-8-5-9-22(27)15-21)26(31)29-12-10-28(11-13-29)17-20-6-3-2-4-7-20/h2-9,14-16H,10-13,17-18H2,1H3. The molecule has 0 atom stereocenters. The van der Waals surface area contributed by atoms with Gasteiger partial charge in [0.2, 0.25) is 0 Å². The highest BCUT2D eigenvalue weighted by atomic mass is 19.1. The monoisotopic (exact) mass is 431 g/mol. The van der Waals surface area contributed by atoms with Crippen LogP contribution in [0.5, 0.6) is 0 Å². The Hall–Kier alpha value is -3.38. The van der Waals surface area contributed by atoms with E-state index in [-0.39, 0.29) is 11.7 Å². The second-order valence-electron chi connectivity index (χ2n) is 8.41. The summed E-state index contributed by atoms with van der Waals surface area (Å²) in [5.41, 5.74) is 4.22. The molecule has 1 fully saturated rings. The van der Waals surface area contributed by atoms with Gasteiger partial charge in [0.25, 0.3) is 5.91 Å². The second-order valence-corrected chi connectivity index (χ2v) is 8.41. The number of aryl methyl sites for hydroxylation is 1. The second kappa shape index (κ2) is 8.63. The van der Waals surface area contributed by atoms with E-state index in [1.165, 1.54) is 17.7 Å². The fraction of sp³-hybridized carbons (Fsp3) is 0.269. The van der Waals surface area contributed by atoms with E-state index < -0.39 is 0 Å². The summed E-state index contributed by atoms with van der Waals surface area (Å²) in [6, 6.07) is 20.7. The number of halogens is 1. The van der Waals surface area contributed by atoms with Crippen molar-refractivity contribution in [3.05, 3.63) is 95.1 Å². The predicted molar refractivity (Wildman–Crippen MR) is 122 cm³/mol. The van der Waals surface area contributed by atoms with Gasteiger partial charge in [0, 0.05) is 51.4 Å². The molecule has 0 radical (unpaired) electrons. The van der Waals surface area contributed by atoms with Crippen molar-refractivity contribution in [3.63, 3.8) is 0 Å². The minimum Gasteiger partial charge on any atom is -0.460 e. The van der Waals surface area contributed by atoms with Crippen molar-refractivity contribution in [1.29, 1.82) is 0 Å². The first kappa shape index (κ1) is 20.5. The molecule has 2 aromatic heterocycles. The number of hydrogen-bond donors (Lipinski definition) is 0. The van der Waals surface area contributed by atoms with Crippen molar-refractivity contribution in [2.75, 3.05) is 26.2 Å². The molecule has 164 valence electrons. The van der Waals surface area contributed by atoms with Crippen molar-refractivity contribution in [1.82, 2.24) is 14.4 Å². The fourth-order valence-corrected chi connectivity index (χ4v) is 4.44. The van der Waals surface area contributed by atoms with E-state index in [4.69, 9.17) is 4.42 Å². The average molecular weight is 432 g/mol. The highest BCUT2D eigenvalue weighted by Crippen LogP contribution is 2.26. The molecule has 0 unspecified atom stereocenters. The van der Waals surface area contributed by atoms with E-state index in [1.807, 2.05) is 40.7 Å². The van der Waals surface area contributed by atoms with Gasteiger partial charge in [-0.15, -0.1) is 0 Å². The van der Waals surface area contributed by atoms with Gasteiger partial charge in [-0.2, -0.15) is 0 Å². The number of nitrogens with zero attached hydrogens (tertiary/aromatic N) is 3. The van der Waals surface area contributed by atoms with Crippen molar-refractivity contribution in [2.45, 2.75) is 20.0 Å². The number of carbonyl (C=O) groups is 1. The zero-order chi connectivity index (χ0) is 22.1. The largest absolute Gasteiger partial charge is 0.460 e. The van der Waals surface area contributed by atoms with Gasteiger partial charge < -0.3 is 13.9 Å². The van der Waals surface area contributed by atoms with Gasteiger partial charge in [0.15, 0.2) is 5.58 Å². The number of hydrogen-bond acceptors (Lipinski definition) is 3. The molecule has 0 bridgehead atoms. The minimum atomic E-state index is -0.281. The number of fused-ring (bicyclic) bond motifs is 1. The molecule has 0 N–H and O–H groups in total. The van der Waals surface area contributed by atoms with Gasteiger partial charge >= 0.3 is 0 Å². The number of furan rings is 1. The first-order chi connectivity index (χ1) is 15.6. The molecule has 5 rings (SSSR count). The highest BCUT2D eigenvalue weighted by Gasteiger charge is 2.26. The van der Waals surface area contributed by atoms with Crippen LogP contribution in [0.2, 0.25) is 0 Å². The molecule has 0 aliphatic carbocycles. The van der Waals surface area contributed by atoms with E-state index in [1.54, 1.807) is 6.07 Å². The molecule has 6 heteroatoms. The SMILES string of the molecule is Cc1cc2c(cc(C(=O)N3CCN(Cc4ccccc4)CC3)n2Cc2cccc(F)c2)o1. The van der Waals surface area contributed by atoms with Gasteiger partial charge in [-0.05, 0) is 30.2 Å². The molecule has 0 saturated carbocycles. The molecule has 2 aromatic carbocycles. The van der Waals surface area contributed by atoms with Crippen molar-refractivity contribution in [2.24, 2.45) is 0 Å². The number of benzene rings is 2. The summed E-state index contributed by atoms with van der Waals surface area (Å²) >= 11 is 0.